The molecule has 0 saturated heterocycles. The molecular weight excluding hydrogens is 303 g/mol. The molecule has 0 aliphatic carbocycles. The molecule has 0 amide bonds. The van der Waals surface area contributed by atoms with E-state index in [-0.39, 0.29) is 6.61 Å². The van der Waals surface area contributed by atoms with Crippen LogP contribution in [0, 0.1) is 11.8 Å². The van der Waals surface area contributed by atoms with Gasteiger partial charge in [-0.2, -0.15) is 0 Å². The Morgan fingerprint density at radius 2 is 2.00 bits per heavy atom. The fourth-order valence-electron chi connectivity index (χ4n) is 1.37. The van der Waals surface area contributed by atoms with Gasteiger partial charge in [-0.15, -0.1) is 11.3 Å². The van der Waals surface area contributed by atoms with E-state index in [2.05, 4.69) is 11.8 Å². The molecule has 0 spiro atoms. The summed E-state index contributed by atoms with van der Waals surface area (Å²) in [6.45, 7) is 0.316. The maximum atomic E-state index is 8.62. The molecule has 1 aromatic carbocycles. The van der Waals surface area contributed by atoms with Crippen molar-refractivity contribution in [3.8, 4) is 17.6 Å². The van der Waals surface area contributed by atoms with Crippen LogP contribution in [0.25, 0.3) is 0 Å². The lowest BCUT2D eigenvalue weighted by atomic mass is 10.3. The molecule has 0 fully saturated rings. The highest BCUT2D eigenvalue weighted by molar-refractivity contribution is 7.12. The minimum atomic E-state index is -0.132. The minimum Gasteiger partial charge on any atom is -0.488 e. The van der Waals surface area contributed by atoms with Crippen LogP contribution in [0.4, 0.5) is 0 Å². The second kappa shape index (κ2) is 6.83. The number of aliphatic hydroxyl groups excluding tert-OH is 1. The first-order chi connectivity index (χ1) is 9.19. The van der Waals surface area contributed by atoms with Crippen LogP contribution in [-0.4, -0.2) is 11.7 Å². The smallest absolute Gasteiger partial charge is 0.122 e. The van der Waals surface area contributed by atoms with Gasteiger partial charge in [0.15, 0.2) is 0 Å². The van der Waals surface area contributed by atoms with Gasteiger partial charge in [-0.25, -0.2) is 0 Å². The number of rotatable bonds is 3. The molecule has 2 nitrogen and oxygen atoms in total. The number of thiophene rings is 1. The monoisotopic (exact) mass is 312 g/mol. The Balaban J connectivity index is 1.98. The van der Waals surface area contributed by atoms with Gasteiger partial charge in [0.05, 0.1) is 14.9 Å². The molecule has 0 atom stereocenters. The molecule has 0 saturated carbocycles. The molecule has 98 valence electrons. The van der Waals surface area contributed by atoms with E-state index < -0.39 is 0 Å². The molecule has 1 N–H and O–H groups in total. The summed E-state index contributed by atoms with van der Waals surface area (Å²) in [4.78, 5) is 1.95. The molecule has 2 aromatic rings. The number of aliphatic hydroxyl groups is 1. The predicted octanol–water partition coefficient (Wildman–Crippen LogP) is 3.98. The molecule has 0 bridgehead atoms. The molecule has 0 aliphatic heterocycles. The Kier molecular flexibility index (Phi) is 5.12. The van der Waals surface area contributed by atoms with Crippen molar-refractivity contribution < 1.29 is 9.84 Å². The van der Waals surface area contributed by atoms with Crippen molar-refractivity contribution >= 4 is 34.5 Å². The molecule has 2 rings (SSSR count). The molecule has 19 heavy (non-hydrogen) atoms. The molecule has 0 aliphatic rings. The summed E-state index contributed by atoms with van der Waals surface area (Å²) in [6.07, 6.45) is 0. The van der Waals surface area contributed by atoms with Crippen molar-refractivity contribution in [1.82, 2.24) is 0 Å². The number of benzene rings is 1. The zero-order valence-electron chi connectivity index (χ0n) is 9.82. The first kappa shape index (κ1) is 14.2. The highest BCUT2D eigenvalue weighted by Crippen LogP contribution is 2.27. The number of hydrogen-bond acceptors (Lipinski definition) is 3. The fraction of sp³-hybridized carbons (Fsp3) is 0.143. The van der Waals surface area contributed by atoms with Crippen molar-refractivity contribution in [3.05, 3.63) is 50.1 Å². The number of hydrogen-bond donors (Lipinski definition) is 1. The Labute approximate surface area is 125 Å². The van der Waals surface area contributed by atoms with Crippen LogP contribution < -0.4 is 4.74 Å². The molecule has 1 aromatic heterocycles. The summed E-state index contributed by atoms with van der Waals surface area (Å²) >= 11 is 13.3. The second-order valence-electron chi connectivity index (χ2n) is 3.59. The Bertz CT molecular complexity index is 626. The fourth-order valence-corrected chi connectivity index (χ4v) is 2.45. The largest absolute Gasteiger partial charge is 0.488 e. The SMILES string of the molecule is OCC#Cc1ccc(COc2ccc(Cl)c(Cl)c2)s1. The van der Waals surface area contributed by atoms with Crippen molar-refractivity contribution in [2.75, 3.05) is 6.61 Å². The van der Waals surface area contributed by atoms with E-state index in [1.165, 1.54) is 11.3 Å². The van der Waals surface area contributed by atoms with E-state index in [9.17, 15) is 0 Å². The molecule has 1 heterocycles. The maximum absolute atomic E-state index is 8.62. The van der Waals surface area contributed by atoms with Crippen molar-refractivity contribution in [1.29, 1.82) is 0 Å². The van der Waals surface area contributed by atoms with Crippen LogP contribution in [0.1, 0.15) is 9.75 Å². The molecular formula is C14H10Cl2O2S. The van der Waals surface area contributed by atoms with Gasteiger partial charge in [-0.05, 0) is 24.3 Å². The van der Waals surface area contributed by atoms with Crippen LogP contribution >= 0.6 is 34.5 Å². The third-order valence-electron chi connectivity index (χ3n) is 2.22. The summed E-state index contributed by atoms with van der Waals surface area (Å²) in [5, 5.41) is 9.60. The van der Waals surface area contributed by atoms with E-state index in [4.69, 9.17) is 33.0 Å². The van der Waals surface area contributed by atoms with Gasteiger partial charge in [0.1, 0.15) is 19.0 Å². The zero-order valence-corrected chi connectivity index (χ0v) is 12.1. The lowest BCUT2D eigenvalue weighted by Gasteiger charge is -2.05. The molecule has 0 unspecified atom stereocenters. The van der Waals surface area contributed by atoms with Gasteiger partial charge in [0.25, 0.3) is 0 Å². The predicted molar refractivity (Wildman–Crippen MR) is 79.1 cm³/mol. The number of ether oxygens (including phenoxy) is 1. The lowest BCUT2D eigenvalue weighted by Crippen LogP contribution is -1.92. The third kappa shape index (κ3) is 4.15. The van der Waals surface area contributed by atoms with Gasteiger partial charge in [0, 0.05) is 10.9 Å². The van der Waals surface area contributed by atoms with Crippen LogP contribution in [0.5, 0.6) is 5.75 Å². The Morgan fingerprint density at radius 3 is 2.74 bits per heavy atom. The Morgan fingerprint density at radius 1 is 1.16 bits per heavy atom. The first-order valence-corrected chi connectivity index (χ1v) is 7.02. The quantitative estimate of drug-likeness (QED) is 0.869. The van der Waals surface area contributed by atoms with Gasteiger partial charge in [0.2, 0.25) is 0 Å². The summed E-state index contributed by atoms with van der Waals surface area (Å²) in [7, 11) is 0. The van der Waals surface area contributed by atoms with Gasteiger partial charge >= 0.3 is 0 Å². The number of halogens is 2. The van der Waals surface area contributed by atoms with E-state index >= 15 is 0 Å². The average Bonchev–Trinajstić information content (AvgIpc) is 2.86. The molecule has 0 radical (unpaired) electrons. The van der Waals surface area contributed by atoms with E-state index in [1.54, 1.807) is 18.2 Å². The van der Waals surface area contributed by atoms with E-state index in [0.29, 0.717) is 22.4 Å². The van der Waals surface area contributed by atoms with E-state index in [1.807, 2.05) is 12.1 Å². The van der Waals surface area contributed by atoms with Gasteiger partial charge in [-0.3, -0.25) is 0 Å². The topological polar surface area (TPSA) is 29.5 Å². The highest BCUT2D eigenvalue weighted by atomic mass is 35.5. The first-order valence-electron chi connectivity index (χ1n) is 5.45. The zero-order chi connectivity index (χ0) is 13.7. The average molecular weight is 313 g/mol. The minimum absolute atomic E-state index is 0.132. The standard InChI is InChI=1S/C14H10Cl2O2S/c15-13-6-3-10(8-14(13)16)18-9-12-5-4-11(19-12)2-1-7-17/h3-6,8,17H,7,9H2. The van der Waals surface area contributed by atoms with Crippen LogP contribution in [0.15, 0.2) is 30.3 Å². The lowest BCUT2D eigenvalue weighted by molar-refractivity contribution is 0.310. The summed E-state index contributed by atoms with van der Waals surface area (Å²) in [6, 6.07) is 9.01. The van der Waals surface area contributed by atoms with Gasteiger partial charge in [-0.1, -0.05) is 35.0 Å². The second-order valence-corrected chi connectivity index (χ2v) is 5.57. The van der Waals surface area contributed by atoms with E-state index in [0.717, 1.165) is 9.75 Å². The van der Waals surface area contributed by atoms with Crippen LogP contribution in [-0.2, 0) is 6.61 Å². The van der Waals surface area contributed by atoms with Crippen molar-refractivity contribution in [3.63, 3.8) is 0 Å². The molecule has 5 heteroatoms. The normalized spacial score (nSPS) is 9.84. The highest BCUT2D eigenvalue weighted by Gasteiger charge is 2.02. The Hall–Kier alpha value is -1.18. The maximum Gasteiger partial charge on any atom is 0.122 e. The van der Waals surface area contributed by atoms with Crippen LogP contribution in [0.2, 0.25) is 10.0 Å². The third-order valence-corrected chi connectivity index (χ3v) is 3.94. The van der Waals surface area contributed by atoms with Crippen molar-refractivity contribution in [2.45, 2.75) is 6.61 Å². The van der Waals surface area contributed by atoms with Crippen LogP contribution in [0.3, 0.4) is 0 Å². The summed E-state index contributed by atoms with van der Waals surface area (Å²) in [5.41, 5.74) is 0. The summed E-state index contributed by atoms with van der Waals surface area (Å²) in [5.74, 6) is 6.13. The summed E-state index contributed by atoms with van der Waals surface area (Å²) < 4.78 is 5.62. The van der Waals surface area contributed by atoms with Gasteiger partial charge < -0.3 is 9.84 Å². The van der Waals surface area contributed by atoms with Crippen molar-refractivity contribution in [2.24, 2.45) is 0 Å².